The summed E-state index contributed by atoms with van der Waals surface area (Å²) in [5.74, 6) is 3.64. The zero-order valence-electron chi connectivity index (χ0n) is 7.70. The van der Waals surface area contributed by atoms with Gasteiger partial charge in [0.25, 0.3) is 0 Å². The summed E-state index contributed by atoms with van der Waals surface area (Å²) in [6.45, 7) is 0. The van der Waals surface area contributed by atoms with Gasteiger partial charge in [0.1, 0.15) is 0 Å². The SMILES string of the molecule is C1=Cc2ccccc2[C]1c1ccc[pH]1. The molecule has 1 aromatic heterocycles. The molecule has 1 aromatic carbocycles. The minimum Gasteiger partial charge on any atom is -0.135 e. The van der Waals surface area contributed by atoms with E-state index in [4.69, 9.17) is 0 Å². The molecule has 0 N–H and O–H groups in total. The van der Waals surface area contributed by atoms with Crippen LogP contribution in [0.5, 0.6) is 0 Å². The van der Waals surface area contributed by atoms with Crippen LogP contribution in [-0.2, 0) is 0 Å². The molecule has 0 nitrogen and oxygen atoms in total. The fraction of sp³-hybridized carbons (Fsp3) is 0. The van der Waals surface area contributed by atoms with Gasteiger partial charge in [0.2, 0.25) is 0 Å². The van der Waals surface area contributed by atoms with E-state index in [1.54, 1.807) is 0 Å². The van der Waals surface area contributed by atoms with Gasteiger partial charge in [-0.25, -0.2) is 0 Å². The van der Waals surface area contributed by atoms with Crippen LogP contribution in [0.3, 0.4) is 0 Å². The second kappa shape index (κ2) is 3.15. The number of allylic oxidation sites excluding steroid dienone is 1. The topological polar surface area (TPSA) is 0 Å². The molecule has 0 spiro atoms. The third-order valence-corrected chi connectivity index (χ3v) is 3.67. The molecule has 0 amide bonds. The number of benzene rings is 1. The number of fused-ring (bicyclic) bond motifs is 1. The summed E-state index contributed by atoms with van der Waals surface area (Å²) >= 11 is 0. The number of hydrogen-bond donors (Lipinski definition) is 0. The van der Waals surface area contributed by atoms with Gasteiger partial charge in [0.15, 0.2) is 0 Å². The van der Waals surface area contributed by atoms with Crippen molar-refractivity contribution < 1.29 is 0 Å². The average molecular weight is 197 g/mol. The van der Waals surface area contributed by atoms with Gasteiger partial charge in [0, 0.05) is 0 Å². The Morgan fingerprint density at radius 1 is 0.857 bits per heavy atom. The van der Waals surface area contributed by atoms with Gasteiger partial charge in [-0.05, 0) is 22.2 Å². The van der Waals surface area contributed by atoms with E-state index >= 15 is 0 Å². The van der Waals surface area contributed by atoms with E-state index in [9.17, 15) is 0 Å². The van der Waals surface area contributed by atoms with Crippen molar-refractivity contribution in [3.05, 3.63) is 70.6 Å². The average Bonchev–Trinajstić information content (AvgIpc) is 2.85. The molecule has 14 heavy (non-hydrogen) atoms. The monoisotopic (exact) mass is 197 g/mol. The predicted octanol–water partition coefficient (Wildman–Crippen LogP) is 3.72. The Labute approximate surface area is 85.4 Å². The van der Waals surface area contributed by atoms with Crippen molar-refractivity contribution in [1.29, 1.82) is 0 Å². The highest BCUT2D eigenvalue weighted by atomic mass is 31.0. The van der Waals surface area contributed by atoms with Crippen molar-refractivity contribution in [2.24, 2.45) is 0 Å². The highest BCUT2D eigenvalue weighted by molar-refractivity contribution is 7.30. The molecule has 0 fully saturated rings. The lowest BCUT2D eigenvalue weighted by Crippen LogP contribution is -1.92. The van der Waals surface area contributed by atoms with Crippen LogP contribution in [0.4, 0.5) is 0 Å². The fourth-order valence-corrected chi connectivity index (χ4v) is 2.82. The van der Waals surface area contributed by atoms with Crippen LogP contribution in [0.25, 0.3) is 6.08 Å². The van der Waals surface area contributed by atoms with E-state index in [2.05, 4.69) is 54.3 Å². The first-order valence-corrected chi connectivity index (χ1v) is 5.81. The predicted molar refractivity (Wildman–Crippen MR) is 62.9 cm³/mol. The Bertz CT molecular complexity index is 466. The minimum atomic E-state index is 0.838. The molecule has 0 aliphatic heterocycles. The Morgan fingerprint density at radius 3 is 2.64 bits per heavy atom. The van der Waals surface area contributed by atoms with Crippen molar-refractivity contribution in [1.82, 2.24) is 0 Å². The van der Waals surface area contributed by atoms with Gasteiger partial charge in [-0.15, -0.1) is 8.19 Å². The normalized spacial score (nSPS) is 15.1. The third-order valence-electron chi connectivity index (χ3n) is 2.57. The first-order chi connectivity index (χ1) is 6.95. The lowest BCUT2D eigenvalue weighted by atomic mass is 9.99. The first-order valence-electron chi connectivity index (χ1n) is 4.73. The van der Waals surface area contributed by atoms with E-state index < -0.39 is 0 Å². The fourth-order valence-electron chi connectivity index (χ4n) is 1.88. The summed E-state index contributed by atoms with van der Waals surface area (Å²) in [4.78, 5) is 0. The second-order valence-corrected chi connectivity index (χ2v) is 4.58. The van der Waals surface area contributed by atoms with Crippen LogP contribution in [0.2, 0.25) is 0 Å². The van der Waals surface area contributed by atoms with Gasteiger partial charge in [0.05, 0.1) is 5.92 Å². The Hall–Kier alpha value is -1.26. The van der Waals surface area contributed by atoms with E-state index in [0.29, 0.717) is 0 Å². The summed E-state index contributed by atoms with van der Waals surface area (Å²) in [5.41, 5.74) is 2.73. The van der Waals surface area contributed by atoms with Crippen molar-refractivity contribution in [2.45, 2.75) is 0 Å². The molecule has 1 heterocycles. The number of hydrogen-bond acceptors (Lipinski definition) is 0. The van der Waals surface area contributed by atoms with Gasteiger partial charge in [-0.3, -0.25) is 0 Å². The lowest BCUT2D eigenvalue weighted by Gasteiger charge is -2.07. The molecule has 1 atom stereocenters. The van der Waals surface area contributed by atoms with Crippen LogP contribution in [-0.4, -0.2) is 0 Å². The van der Waals surface area contributed by atoms with Crippen molar-refractivity contribution >= 4 is 14.3 Å². The zero-order chi connectivity index (χ0) is 9.38. The van der Waals surface area contributed by atoms with Gasteiger partial charge >= 0.3 is 0 Å². The summed E-state index contributed by atoms with van der Waals surface area (Å²) < 4.78 is 0. The largest absolute Gasteiger partial charge is 0.135 e. The maximum atomic E-state index is 2.23. The minimum absolute atomic E-state index is 0.838. The maximum absolute atomic E-state index is 2.23. The molecule has 2 aromatic rings. The van der Waals surface area contributed by atoms with Crippen molar-refractivity contribution in [3.8, 4) is 0 Å². The summed E-state index contributed by atoms with van der Waals surface area (Å²) in [5, 5.41) is 1.46. The maximum Gasteiger partial charge on any atom is 0.0601 e. The first kappa shape index (κ1) is 8.08. The van der Waals surface area contributed by atoms with E-state index in [-0.39, 0.29) is 0 Å². The standard InChI is InChI=1S/C13H10P/c1-2-5-11-10(4-1)7-8-12(11)13-6-3-9-14-13/h1-9,14H. The summed E-state index contributed by atoms with van der Waals surface area (Å²) in [6, 6.07) is 12.9. The van der Waals surface area contributed by atoms with E-state index in [0.717, 1.165) is 8.19 Å². The van der Waals surface area contributed by atoms with Crippen LogP contribution in [0.1, 0.15) is 16.4 Å². The van der Waals surface area contributed by atoms with Crippen LogP contribution >= 0.6 is 8.19 Å². The summed E-state index contributed by atoms with van der Waals surface area (Å²) in [7, 11) is 0.838. The second-order valence-electron chi connectivity index (χ2n) is 3.42. The lowest BCUT2D eigenvalue weighted by molar-refractivity contribution is 1.37. The molecule has 0 bridgehead atoms. The van der Waals surface area contributed by atoms with Gasteiger partial charge in [-0.1, -0.05) is 48.6 Å². The quantitative estimate of drug-likeness (QED) is 0.653. The molecule has 1 heteroatoms. The molecule has 3 rings (SSSR count). The molecule has 67 valence electrons. The molecular weight excluding hydrogens is 187 g/mol. The Kier molecular flexibility index (Phi) is 1.82. The highest BCUT2D eigenvalue weighted by Gasteiger charge is 2.18. The number of rotatable bonds is 1. The molecule has 1 radical (unpaired) electrons. The highest BCUT2D eigenvalue weighted by Crippen LogP contribution is 2.37. The molecule has 1 unspecified atom stereocenters. The van der Waals surface area contributed by atoms with Crippen molar-refractivity contribution in [3.63, 3.8) is 0 Å². The molecule has 1 aliphatic rings. The van der Waals surface area contributed by atoms with Crippen LogP contribution < -0.4 is 0 Å². The van der Waals surface area contributed by atoms with Crippen molar-refractivity contribution in [2.75, 3.05) is 0 Å². The zero-order valence-corrected chi connectivity index (χ0v) is 8.70. The molecule has 0 saturated carbocycles. The van der Waals surface area contributed by atoms with E-state index in [1.165, 1.54) is 22.3 Å². The summed E-state index contributed by atoms with van der Waals surface area (Å²) in [6.07, 6.45) is 4.44. The van der Waals surface area contributed by atoms with Crippen LogP contribution in [0.15, 0.2) is 48.3 Å². The Balaban J connectivity index is 2.11. The third kappa shape index (κ3) is 1.15. The molecule has 1 aliphatic carbocycles. The van der Waals surface area contributed by atoms with Crippen LogP contribution in [0, 0.1) is 5.92 Å². The van der Waals surface area contributed by atoms with E-state index in [1.807, 2.05) is 0 Å². The van der Waals surface area contributed by atoms with Gasteiger partial charge in [-0.2, -0.15) is 0 Å². The molecule has 0 saturated heterocycles. The Morgan fingerprint density at radius 2 is 1.79 bits per heavy atom. The van der Waals surface area contributed by atoms with Gasteiger partial charge < -0.3 is 0 Å². The molecular formula is C13H10P. The smallest absolute Gasteiger partial charge is 0.0601 e.